The van der Waals surface area contributed by atoms with Crippen LogP contribution in [-0.4, -0.2) is 37.0 Å². The Hall–Kier alpha value is -1.87. The van der Waals surface area contributed by atoms with Gasteiger partial charge in [0.05, 0.1) is 0 Å². The van der Waals surface area contributed by atoms with Gasteiger partial charge in [0.1, 0.15) is 0 Å². The van der Waals surface area contributed by atoms with Crippen molar-refractivity contribution in [1.29, 1.82) is 0 Å². The molecule has 146 valence electrons. The van der Waals surface area contributed by atoms with Crippen molar-refractivity contribution in [2.24, 2.45) is 5.92 Å². The molecule has 1 aromatic carbocycles. The summed E-state index contributed by atoms with van der Waals surface area (Å²) < 4.78 is 0. The molecule has 0 bridgehead atoms. The number of likely N-dealkylation sites (tertiary alicyclic amines) is 1. The second-order valence-corrected chi connectivity index (χ2v) is 8.10. The maximum absolute atomic E-state index is 12.4. The molecule has 1 aromatic rings. The fourth-order valence-corrected chi connectivity index (χ4v) is 4.21. The highest BCUT2D eigenvalue weighted by Crippen LogP contribution is 2.21. The Morgan fingerprint density at radius 2 is 1.96 bits per heavy atom. The minimum absolute atomic E-state index is 0.194. The van der Waals surface area contributed by atoms with Crippen LogP contribution in [0.15, 0.2) is 47.6 Å². The van der Waals surface area contributed by atoms with Gasteiger partial charge in [-0.3, -0.25) is 9.69 Å². The summed E-state index contributed by atoms with van der Waals surface area (Å²) in [5.74, 6) is 0.461. The molecule has 1 amide bonds. The Balaban J connectivity index is 1.36. The largest absolute Gasteiger partial charge is 0.356 e. The number of hydrogen-bond donors (Lipinski definition) is 1. The van der Waals surface area contributed by atoms with Crippen LogP contribution in [0.3, 0.4) is 0 Å². The Kier molecular flexibility index (Phi) is 7.70. The van der Waals surface area contributed by atoms with Crippen molar-refractivity contribution < 1.29 is 4.79 Å². The van der Waals surface area contributed by atoms with Crippen LogP contribution in [0.25, 0.3) is 6.08 Å². The van der Waals surface area contributed by atoms with E-state index in [9.17, 15) is 4.79 Å². The van der Waals surface area contributed by atoms with E-state index in [1.807, 2.05) is 0 Å². The molecule has 0 aromatic heterocycles. The first-order valence-electron chi connectivity index (χ1n) is 10.6. The molecule has 27 heavy (non-hydrogen) atoms. The van der Waals surface area contributed by atoms with Crippen LogP contribution in [-0.2, 0) is 4.79 Å². The number of rotatable bonds is 7. The SMILES string of the molecule is C/C(=C\c1ccccc1)CN1CCC(C(=O)NCCC2=CCCCC2)CC1. The summed E-state index contributed by atoms with van der Waals surface area (Å²) in [5, 5.41) is 3.18. The highest BCUT2D eigenvalue weighted by molar-refractivity contribution is 5.78. The summed E-state index contributed by atoms with van der Waals surface area (Å²) in [6.45, 7) is 6.04. The summed E-state index contributed by atoms with van der Waals surface area (Å²) in [7, 11) is 0. The topological polar surface area (TPSA) is 32.3 Å². The average Bonchev–Trinajstić information content (AvgIpc) is 2.70. The van der Waals surface area contributed by atoms with Crippen LogP contribution >= 0.6 is 0 Å². The molecule has 0 atom stereocenters. The first-order chi connectivity index (χ1) is 13.2. The summed E-state index contributed by atoms with van der Waals surface area (Å²) in [6, 6.07) is 10.5. The highest BCUT2D eigenvalue weighted by Gasteiger charge is 2.24. The van der Waals surface area contributed by atoms with Crippen molar-refractivity contribution in [2.45, 2.75) is 51.9 Å². The number of benzene rings is 1. The minimum atomic E-state index is 0.194. The molecule has 2 aliphatic rings. The van der Waals surface area contributed by atoms with Gasteiger partial charge >= 0.3 is 0 Å². The lowest BCUT2D eigenvalue weighted by Crippen LogP contribution is -2.41. The van der Waals surface area contributed by atoms with E-state index in [2.05, 4.69) is 59.6 Å². The van der Waals surface area contributed by atoms with Gasteiger partial charge in [0.25, 0.3) is 0 Å². The molecule has 3 nitrogen and oxygen atoms in total. The summed E-state index contributed by atoms with van der Waals surface area (Å²) in [5.41, 5.74) is 4.18. The Labute approximate surface area is 164 Å². The molecule has 3 heteroatoms. The van der Waals surface area contributed by atoms with E-state index >= 15 is 0 Å². The number of allylic oxidation sites excluding steroid dienone is 1. The molecule has 1 aliphatic heterocycles. The van der Waals surface area contributed by atoms with Crippen LogP contribution in [0.4, 0.5) is 0 Å². The Bertz CT molecular complexity index is 654. The van der Waals surface area contributed by atoms with Crippen molar-refractivity contribution >= 4 is 12.0 Å². The second kappa shape index (κ2) is 10.5. The first-order valence-corrected chi connectivity index (χ1v) is 10.6. The van der Waals surface area contributed by atoms with Crippen LogP contribution < -0.4 is 5.32 Å². The van der Waals surface area contributed by atoms with Gasteiger partial charge < -0.3 is 5.32 Å². The van der Waals surface area contributed by atoms with E-state index in [0.29, 0.717) is 0 Å². The lowest BCUT2D eigenvalue weighted by Gasteiger charge is -2.31. The van der Waals surface area contributed by atoms with E-state index < -0.39 is 0 Å². The fourth-order valence-electron chi connectivity index (χ4n) is 4.21. The molecule has 1 aliphatic carbocycles. The predicted molar refractivity (Wildman–Crippen MR) is 113 cm³/mol. The van der Waals surface area contributed by atoms with Crippen LogP contribution in [0.1, 0.15) is 57.4 Å². The molecule has 0 saturated carbocycles. The van der Waals surface area contributed by atoms with Gasteiger partial charge in [0.15, 0.2) is 0 Å². The number of piperidine rings is 1. The molecule has 0 spiro atoms. The fraction of sp³-hybridized carbons (Fsp3) is 0.542. The zero-order chi connectivity index (χ0) is 18.9. The van der Waals surface area contributed by atoms with Gasteiger partial charge in [-0.1, -0.05) is 53.6 Å². The number of carbonyl (C=O) groups is 1. The number of nitrogens with one attached hydrogen (secondary N) is 1. The van der Waals surface area contributed by atoms with E-state index in [4.69, 9.17) is 0 Å². The Morgan fingerprint density at radius 3 is 2.67 bits per heavy atom. The summed E-state index contributed by atoms with van der Waals surface area (Å²) in [6.07, 6.45) is 12.7. The maximum atomic E-state index is 12.4. The molecule has 1 heterocycles. The van der Waals surface area contributed by atoms with Crippen LogP contribution in [0.2, 0.25) is 0 Å². The smallest absolute Gasteiger partial charge is 0.223 e. The third-order valence-corrected chi connectivity index (χ3v) is 5.77. The van der Waals surface area contributed by atoms with E-state index in [1.54, 1.807) is 0 Å². The molecule has 3 rings (SSSR count). The van der Waals surface area contributed by atoms with Gasteiger partial charge in [-0.25, -0.2) is 0 Å². The normalized spacial score (nSPS) is 19.6. The number of carbonyl (C=O) groups excluding carboxylic acids is 1. The number of nitrogens with zero attached hydrogens (tertiary/aromatic N) is 1. The van der Waals surface area contributed by atoms with E-state index in [-0.39, 0.29) is 11.8 Å². The summed E-state index contributed by atoms with van der Waals surface area (Å²) >= 11 is 0. The first kappa shape index (κ1) is 19.9. The predicted octanol–water partition coefficient (Wildman–Crippen LogP) is 4.81. The van der Waals surface area contributed by atoms with Gasteiger partial charge in [-0.15, -0.1) is 0 Å². The van der Waals surface area contributed by atoms with Crippen LogP contribution in [0, 0.1) is 5.92 Å². The van der Waals surface area contributed by atoms with Crippen LogP contribution in [0.5, 0.6) is 0 Å². The standard InChI is InChI=1S/C24H34N2O/c1-20(18-22-10-6-3-7-11-22)19-26-16-13-23(14-17-26)24(27)25-15-12-21-8-4-2-5-9-21/h3,6-8,10-11,18,23H,2,4-5,9,12-17,19H2,1H3,(H,25,27)/b20-18+. The minimum Gasteiger partial charge on any atom is -0.356 e. The second-order valence-electron chi connectivity index (χ2n) is 8.10. The molecule has 1 saturated heterocycles. The third kappa shape index (κ3) is 6.66. The van der Waals surface area contributed by atoms with Crippen molar-refractivity contribution in [3.05, 3.63) is 53.1 Å². The monoisotopic (exact) mass is 366 g/mol. The highest BCUT2D eigenvalue weighted by atomic mass is 16.1. The van der Waals surface area contributed by atoms with Crippen molar-refractivity contribution in [1.82, 2.24) is 10.2 Å². The van der Waals surface area contributed by atoms with Crippen molar-refractivity contribution in [3.8, 4) is 0 Å². The van der Waals surface area contributed by atoms with E-state index in [1.165, 1.54) is 42.4 Å². The molecule has 1 fully saturated rings. The zero-order valence-electron chi connectivity index (χ0n) is 16.8. The summed E-state index contributed by atoms with van der Waals surface area (Å²) in [4.78, 5) is 14.9. The zero-order valence-corrected chi connectivity index (χ0v) is 16.8. The Morgan fingerprint density at radius 1 is 1.19 bits per heavy atom. The van der Waals surface area contributed by atoms with Gasteiger partial charge in [0.2, 0.25) is 5.91 Å². The molecule has 0 unspecified atom stereocenters. The van der Waals surface area contributed by atoms with Gasteiger partial charge in [-0.05, 0) is 70.5 Å². The molecule has 1 N–H and O–H groups in total. The quantitative estimate of drug-likeness (QED) is 0.703. The number of amides is 1. The lowest BCUT2D eigenvalue weighted by molar-refractivity contribution is -0.126. The molecular formula is C24H34N2O. The molecule has 0 radical (unpaired) electrons. The lowest BCUT2D eigenvalue weighted by atomic mass is 9.95. The van der Waals surface area contributed by atoms with Crippen molar-refractivity contribution in [2.75, 3.05) is 26.2 Å². The van der Waals surface area contributed by atoms with Gasteiger partial charge in [0, 0.05) is 19.0 Å². The number of hydrogen-bond acceptors (Lipinski definition) is 2. The van der Waals surface area contributed by atoms with E-state index in [0.717, 1.165) is 45.4 Å². The maximum Gasteiger partial charge on any atom is 0.223 e. The van der Waals surface area contributed by atoms with Crippen molar-refractivity contribution in [3.63, 3.8) is 0 Å². The molecular weight excluding hydrogens is 332 g/mol. The third-order valence-electron chi connectivity index (χ3n) is 5.77. The van der Waals surface area contributed by atoms with Gasteiger partial charge in [-0.2, -0.15) is 0 Å². The average molecular weight is 367 g/mol.